The minimum absolute atomic E-state index is 0.0215. The molecular formula is C11H19N3O5S2. The Kier molecular flexibility index (Phi) is 7.72. The molecule has 0 amide bonds. The molecule has 21 heavy (non-hydrogen) atoms. The molecular weight excluding hydrogens is 318 g/mol. The maximum absolute atomic E-state index is 11.9. The highest BCUT2D eigenvalue weighted by Gasteiger charge is 2.15. The van der Waals surface area contributed by atoms with Gasteiger partial charge in [-0.05, 0) is 12.2 Å². The van der Waals surface area contributed by atoms with Crippen LogP contribution in [0.1, 0.15) is 12.8 Å². The number of aliphatic carboxylic acids is 1. The van der Waals surface area contributed by atoms with Gasteiger partial charge in [0.15, 0.2) is 0 Å². The molecule has 1 heterocycles. The highest BCUT2D eigenvalue weighted by atomic mass is 32.2. The normalized spacial score (nSPS) is 11.7. The Balaban J connectivity index is 2.41. The Morgan fingerprint density at radius 2 is 2.19 bits per heavy atom. The minimum atomic E-state index is -3.61. The van der Waals surface area contributed by atoms with Crippen LogP contribution < -0.4 is 4.72 Å². The molecule has 0 fully saturated rings. The van der Waals surface area contributed by atoms with Crippen molar-refractivity contribution in [3.8, 4) is 0 Å². The van der Waals surface area contributed by atoms with Gasteiger partial charge in [0.05, 0.1) is 19.2 Å². The lowest BCUT2D eigenvalue weighted by Crippen LogP contribution is -2.25. The van der Waals surface area contributed by atoms with Gasteiger partial charge in [0.25, 0.3) is 0 Å². The third-order valence-electron chi connectivity index (χ3n) is 2.46. The van der Waals surface area contributed by atoms with Gasteiger partial charge in [0.1, 0.15) is 4.90 Å². The van der Waals surface area contributed by atoms with Crippen LogP contribution in [-0.4, -0.2) is 59.0 Å². The second-order valence-electron chi connectivity index (χ2n) is 4.17. The number of thioether (sulfide) groups is 1. The number of aliphatic hydroxyl groups is 1. The first kappa shape index (κ1) is 18.0. The monoisotopic (exact) mass is 337 g/mol. The topological polar surface area (TPSA) is 122 Å². The van der Waals surface area contributed by atoms with Crippen molar-refractivity contribution in [2.75, 3.05) is 24.7 Å². The van der Waals surface area contributed by atoms with Crippen molar-refractivity contribution in [1.82, 2.24) is 14.5 Å². The van der Waals surface area contributed by atoms with Gasteiger partial charge in [-0.25, -0.2) is 13.1 Å². The van der Waals surface area contributed by atoms with E-state index >= 15 is 0 Å². The number of carboxylic acid groups (broad SMARTS) is 1. The van der Waals surface area contributed by atoms with Gasteiger partial charge < -0.3 is 10.2 Å². The van der Waals surface area contributed by atoms with E-state index in [1.807, 2.05) is 0 Å². The molecule has 1 aromatic rings. The minimum Gasteiger partial charge on any atom is -0.481 e. The zero-order valence-electron chi connectivity index (χ0n) is 11.4. The van der Waals surface area contributed by atoms with Gasteiger partial charge >= 0.3 is 5.97 Å². The number of nitrogens with one attached hydrogen (secondary N) is 1. The molecule has 0 aliphatic carbocycles. The van der Waals surface area contributed by atoms with Crippen LogP contribution in [0, 0.1) is 0 Å². The van der Waals surface area contributed by atoms with Crippen LogP contribution in [-0.2, 0) is 21.4 Å². The molecule has 8 nitrogen and oxygen atoms in total. The van der Waals surface area contributed by atoms with E-state index in [2.05, 4.69) is 9.82 Å². The van der Waals surface area contributed by atoms with Gasteiger partial charge in [-0.3, -0.25) is 9.48 Å². The van der Waals surface area contributed by atoms with Crippen molar-refractivity contribution in [1.29, 1.82) is 0 Å². The Morgan fingerprint density at radius 1 is 1.43 bits per heavy atom. The van der Waals surface area contributed by atoms with Crippen molar-refractivity contribution in [3.63, 3.8) is 0 Å². The number of aliphatic hydroxyl groups excluding tert-OH is 1. The third-order valence-corrected chi connectivity index (χ3v) is 4.95. The first-order valence-electron chi connectivity index (χ1n) is 6.38. The van der Waals surface area contributed by atoms with Crippen LogP contribution in [0.3, 0.4) is 0 Å². The molecule has 0 radical (unpaired) electrons. The summed E-state index contributed by atoms with van der Waals surface area (Å²) in [6.07, 6.45) is 3.08. The summed E-state index contributed by atoms with van der Waals surface area (Å²) >= 11 is 1.56. The average Bonchev–Trinajstić information content (AvgIpc) is 2.90. The van der Waals surface area contributed by atoms with E-state index in [4.69, 9.17) is 10.2 Å². The lowest BCUT2D eigenvalue weighted by atomic mass is 10.4. The molecule has 1 aromatic heterocycles. The predicted molar refractivity (Wildman–Crippen MR) is 78.7 cm³/mol. The average molecular weight is 337 g/mol. The van der Waals surface area contributed by atoms with E-state index in [9.17, 15) is 13.2 Å². The molecule has 0 aliphatic heterocycles. The molecule has 0 atom stereocenters. The number of rotatable bonds is 11. The number of aryl methyl sites for hydroxylation is 1. The van der Waals surface area contributed by atoms with Crippen molar-refractivity contribution >= 4 is 27.8 Å². The van der Waals surface area contributed by atoms with Crippen molar-refractivity contribution in [2.24, 2.45) is 0 Å². The molecule has 0 spiro atoms. The lowest BCUT2D eigenvalue weighted by molar-refractivity contribution is -0.137. The van der Waals surface area contributed by atoms with E-state index in [0.717, 1.165) is 5.75 Å². The molecule has 1 rings (SSSR count). The maximum Gasteiger partial charge on any atom is 0.305 e. The van der Waals surface area contributed by atoms with Crippen molar-refractivity contribution in [3.05, 3.63) is 12.4 Å². The number of hydrogen-bond donors (Lipinski definition) is 3. The largest absolute Gasteiger partial charge is 0.481 e. The number of carbonyl (C=O) groups is 1. The summed E-state index contributed by atoms with van der Waals surface area (Å²) in [6.45, 7) is 0.550. The summed E-state index contributed by atoms with van der Waals surface area (Å²) in [5, 5.41) is 21.0. The zero-order chi connectivity index (χ0) is 15.7. The number of hydrogen-bond acceptors (Lipinski definition) is 6. The Morgan fingerprint density at radius 3 is 2.86 bits per heavy atom. The Hall–Kier alpha value is -1.10. The summed E-state index contributed by atoms with van der Waals surface area (Å²) in [7, 11) is -3.61. The predicted octanol–water partition coefficient (Wildman–Crippen LogP) is -0.248. The molecule has 0 unspecified atom stereocenters. The first-order valence-corrected chi connectivity index (χ1v) is 9.02. The van der Waals surface area contributed by atoms with Gasteiger partial charge in [-0.2, -0.15) is 16.9 Å². The van der Waals surface area contributed by atoms with Crippen LogP contribution in [0.4, 0.5) is 0 Å². The Bertz CT molecular complexity index is 544. The van der Waals surface area contributed by atoms with Crippen LogP contribution in [0.2, 0.25) is 0 Å². The lowest BCUT2D eigenvalue weighted by Gasteiger charge is -2.04. The standard InChI is InChI=1S/C11H19N3O5S2/c15-5-1-6-20-7-3-13-21(18,19)10-8-12-14(9-10)4-2-11(16)17/h8-9,13,15H,1-7H2,(H,16,17). The summed E-state index contributed by atoms with van der Waals surface area (Å²) in [6, 6.07) is 0. The van der Waals surface area contributed by atoms with E-state index < -0.39 is 16.0 Å². The SMILES string of the molecule is O=C(O)CCn1cc(S(=O)(=O)NCCSCCCO)cn1. The summed E-state index contributed by atoms with van der Waals surface area (Å²) in [5.41, 5.74) is 0. The quantitative estimate of drug-likeness (QED) is 0.476. The second-order valence-corrected chi connectivity index (χ2v) is 7.16. The van der Waals surface area contributed by atoms with Gasteiger partial charge in [0.2, 0.25) is 10.0 Å². The first-order chi connectivity index (χ1) is 9.95. The van der Waals surface area contributed by atoms with Crippen molar-refractivity contribution < 1.29 is 23.4 Å². The number of sulfonamides is 1. The molecule has 0 bridgehead atoms. The van der Waals surface area contributed by atoms with Crippen LogP contribution >= 0.6 is 11.8 Å². The van der Waals surface area contributed by atoms with Crippen LogP contribution in [0.25, 0.3) is 0 Å². The van der Waals surface area contributed by atoms with E-state index in [1.54, 1.807) is 11.8 Å². The van der Waals surface area contributed by atoms with E-state index in [0.29, 0.717) is 18.7 Å². The zero-order valence-corrected chi connectivity index (χ0v) is 13.1. The highest BCUT2D eigenvalue weighted by molar-refractivity contribution is 7.99. The summed E-state index contributed by atoms with van der Waals surface area (Å²) < 4.78 is 27.6. The third kappa shape index (κ3) is 6.93. The fourth-order valence-electron chi connectivity index (χ4n) is 1.42. The van der Waals surface area contributed by atoms with E-state index in [-0.39, 0.29) is 24.5 Å². The van der Waals surface area contributed by atoms with E-state index in [1.165, 1.54) is 17.1 Å². The van der Waals surface area contributed by atoms with Gasteiger partial charge in [-0.15, -0.1) is 0 Å². The molecule has 10 heteroatoms. The Labute approximate surface area is 127 Å². The smallest absolute Gasteiger partial charge is 0.305 e. The fourth-order valence-corrected chi connectivity index (χ4v) is 3.31. The van der Waals surface area contributed by atoms with Crippen LogP contribution in [0.5, 0.6) is 0 Å². The highest BCUT2D eigenvalue weighted by Crippen LogP contribution is 2.08. The molecule has 0 aromatic carbocycles. The molecule has 3 N–H and O–H groups in total. The molecule has 120 valence electrons. The maximum atomic E-state index is 11.9. The van der Waals surface area contributed by atoms with Gasteiger partial charge in [-0.1, -0.05) is 0 Å². The molecule has 0 saturated carbocycles. The molecule has 0 saturated heterocycles. The summed E-state index contributed by atoms with van der Waals surface area (Å²) in [4.78, 5) is 10.5. The number of carboxylic acids is 1. The van der Waals surface area contributed by atoms with Gasteiger partial charge in [0, 0.05) is 25.1 Å². The van der Waals surface area contributed by atoms with Crippen molar-refractivity contribution in [2.45, 2.75) is 24.3 Å². The summed E-state index contributed by atoms with van der Waals surface area (Å²) in [5.74, 6) is 0.436. The fraction of sp³-hybridized carbons (Fsp3) is 0.636. The molecule has 0 aliphatic rings. The number of nitrogens with zero attached hydrogens (tertiary/aromatic N) is 2. The number of aromatic nitrogens is 2. The van der Waals surface area contributed by atoms with Crippen LogP contribution in [0.15, 0.2) is 17.3 Å². The second kappa shape index (κ2) is 9.03.